The number of methoxy groups -OCH3 is 1. The lowest BCUT2D eigenvalue weighted by atomic mass is 9.99. The Kier molecular flexibility index (Phi) is 3.48. The van der Waals surface area contributed by atoms with Gasteiger partial charge in [0, 0.05) is 25.4 Å². The molecule has 1 aliphatic heterocycles. The van der Waals surface area contributed by atoms with Crippen LogP contribution in [0.3, 0.4) is 0 Å². The highest BCUT2D eigenvalue weighted by molar-refractivity contribution is 5.94. The number of benzene rings is 1. The minimum absolute atomic E-state index is 0.0563. The number of carbonyl (C=O) groups is 1. The molecule has 1 aromatic carbocycles. The third-order valence-corrected chi connectivity index (χ3v) is 3.68. The number of carbonyl (C=O) groups excluding carboxylic acids is 1. The zero-order valence-corrected chi connectivity index (χ0v) is 11.7. The number of aromatic nitrogens is 1. The highest BCUT2D eigenvalue weighted by atomic mass is 16.5. The molecule has 3 rings (SSSR count). The molecule has 0 spiro atoms. The number of amides is 1. The minimum atomic E-state index is -0.0563. The van der Waals surface area contributed by atoms with E-state index >= 15 is 0 Å². The Labute approximate surface area is 122 Å². The first-order valence-corrected chi connectivity index (χ1v) is 6.77. The molecule has 0 atom stereocenters. The third-order valence-electron chi connectivity index (χ3n) is 3.68. The summed E-state index contributed by atoms with van der Waals surface area (Å²) in [5.74, 6) is 0.661. The molecule has 0 unspecified atom stereocenters. The highest BCUT2D eigenvalue weighted by Gasteiger charge is 2.22. The molecule has 1 amide bonds. The van der Waals surface area contributed by atoms with Crippen molar-refractivity contribution in [2.75, 3.05) is 13.7 Å². The summed E-state index contributed by atoms with van der Waals surface area (Å²) in [5.41, 5.74) is 2.72. The van der Waals surface area contributed by atoms with Gasteiger partial charge < -0.3 is 14.7 Å². The van der Waals surface area contributed by atoms with Crippen molar-refractivity contribution >= 4 is 5.91 Å². The zero-order chi connectivity index (χ0) is 14.8. The van der Waals surface area contributed by atoms with E-state index in [9.17, 15) is 9.90 Å². The number of aromatic hydroxyl groups is 1. The van der Waals surface area contributed by atoms with Crippen molar-refractivity contribution in [1.29, 1.82) is 0 Å². The van der Waals surface area contributed by atoms with Crippen LogP contribution in [0.1, 0.15) is 21.5 Å². The van der Waals surface area contributed by atoms with E-state index in [4.69, 9.17) is 4.74 Å². The van der Waals surface area contributed by atoms with Gasteiger partial charge in [0.05, 0.1) is 12.7 Å². The zero-order valence-electron chi connectivity index (χ0n) is 11.7. The first kappa shape index (κ1) is 13.4. The lowest BCUT2D eigenvalue weighted by Crippen LogP contribution is -2.35. The van der Waals surface area contributed by atoms with Crippen LogP contribution in [-0.4, -0.2) is 34.6 Å². The van der Waals surface area contributed by atoms with Crippen LogP contribution in [-0.2, 0) is 13.0 Å². The van der Waals surface area contributed by atoms with Gasteiger partial charge in [0.2, 0.25) is 5.88 Å². The average molecular weight is 284 g/mol. The lowest BCUT2D eigenvalue weighted by Gasteiger charge is -2.29. The topological polar surface area (TPSA) is 62.7 Å². The van der Waals surface area contributed by atoms with Gasteiger partial charge >= 0.3 is 0 Å². The first-order chi connectivity index (χ1) is 10.2. The van der Waals surface area contributed by atoms with Crippen LogP contribution < -0.4 is 4.74 Å². The summed E-state index contributed by atoms with van der Waals surface area (Å²) in [4.78, 5) is 18.3. The maximum Gasteiger partial charge on any atom is 0.255 e. The van der Waals surface area contributed by atoms with Crippen molar-refractivity contribution in [1.82, 2.24) is 9.88 Å². The monoisotopic (exact) mass is 284 g/mol. The number of phenols is 1. The van der Waals surface area contributed by atoms with Gasteiger partial charge in [-0.25, -0.2) is 4.98 Å². The summed E-state index contributed by atoms with van der Waals surface area (Å²) < 4.78 is 4.99. The summed E-state index contributed by atoms with van der Waals surface area (Å²) in [6.07, 6.45) is 2.32. The molecule has 0 fully saturated rings. The molecular formula is C16H16N2O3. The Bertz CT molecular complexity index is 668. The molecule has 0 radical (unpaired) electrons. The van der Waals surface area contributed by atoms with E-state index in [1.165, 1.54) is 18.9 Å². The summed E-state index contributed by atoms with van der Waals surface area (Å²) in [6.45, 7) is 1.18. The van der Waals surface area contributed by atoms with Gasteiger partial charge in [-0.3, -0.25) is 4.79 Å². The number of hydrogen-bond donors (Lipinski definition) is 1. The SMILES string of the molecule is COc1ccc(C(=O)N2CCc3ccc(O)cc3C2)cn1. The summed E-state index contributed by atoms with van der Waals surface area (Å²) in [6, 6.07) is 8.72. The number of fused-ring (bicyclic) bond motifs is 1. The Hall–Kier alpha value is -2.56. The predicted molar refractivity (Wildman–Crippen MR) is 77.3 cm³/mol. The van der Waals surface area contributed by atoms with Crippen LogP contribution in [0.2, 0.25) is 0 Å². The molecule has 21 heavy (non-hydrogen) atoms. The van der Waals surface area contributed by atoms with E-state index in [2.05, 4.69) is 4.98 Å². The molecule has 0 aliphatic carbocycles. The average Bonchev–Trinajstić information content (AvgIpc) is 2.53. The normalized spacial score (nSPS) is 13.7. The van der Waals surface area contributed by atoms with Gasteiger partial charge in [0.1, 0.15) is 5.75 Å². The molecule has 0 saturated carbocycles. The molecular weight excluding hydrogens is 268 g/mol. The summed E-state index contributed by atoms with van der Waals surface area (Å²) >= 11 is 0. The van der Waals surface area contributed by atoms with Crippen LogP contribution in [0.4, 0.5) is 0 Å². The summed E-state index contributed by atoms with van der Waals surface area (Å²) in [7, 11) is 1.54. The predicted octanol–water partition coefficient (Wildman–Crippen LogP) is 1.99. The summed E-state index contributed by atoms with van der Waals surface area (Å²) in [5, 5.41) is 9.56. The van der Waals surface area contributed by atoms with Crippen molar-refractivity contribution in [3.05, 3.63) is 53.2 Å². The maximum atomic E-state index is 12.5. The van der Waals surface area contributed by atoms with Crippen molar-refractivity contribution in [3.8, 4) is 11.6 Å². The fourth-order valence-electron chi connectivity index (χ4n) is 2.53. The lowest BCUT2D eigenvalue weighted by molar-refractivity contribution is 0.0734. The third kappa shape index (κ3) is 2.67. The quantitative estimate of drug-likeness (QED) is 0.916. The fraction of sp³-hybridized carbons (Fsp3) is 0.250. The number of rotatable bonds is 2. The van der Waals surface area contributed by atoms with E-state index in [1.54, 1.807) is 29.2 Å². The standard InChI is InChI=1S/C16H16N2O3/c1-21-15-5-3-12(9-17-15)16(20)18-7-6-11-2-4-14(19)8-13(11)10-18/h2-5,8-9,19H,6-7,10H2,1H3. The van der Waals surface area contributed by atoms with Crippen LogP contribution in [0, 0.1) is 0 Å². The Balaban J connectivity index is 1.79. The molecule has 108 valence electrons. The molecule has 2 aromatic rings. The number of nitrogens with zero attached hydrogens (tertiary/aromatic N) is 2. The van der Waals surface area contributed by atoms with Gasteiger partial charge in [0.15, 0.2) is 0 Å². The van der Waals surface area contributed by atoms with Crippen LogP contribution >= 0.6 is 0 Å². The largest absolute Gasteiger partial charge is 0.508 e. The Morgan fingerprint density at radius 3 is 2.86 bits per heavy atom. The molecule has 1 aromatic heterocycles. The van der Waals surface area contributed by atoms with E-state index in [1.807, 2.05) is 6.07 Å². The number of phenolic OH excluding ortho intramolecular Hbond substituents is 1. The molecule has 1 aliphatic rings. The molecule has 1 N–H and O–H groups in total. The Morgan fingerprint density at radius 2 is 2.14 bits per heavy atom. The van der Waals surface area contributed by atoms with Gasteiger partial charge in [-0.2, -0.15) is 0 Å². The number of hydrogen-bond acceptors (Lipinski definition) is 4. The van der Waals surface area contributed by atoms with Crippen LogP contribution in [0.5, 0.6) is 11.6 Å². The van der Waals surface area contributed by atoms with Gasteiger partial charge in [-0.15, -0.1) is 0 Å². The van der Waals surface area contributed by atoms with Crippen LogP contribution in [0.15, 0.2) is 36.5 Å². The smallest absolute Gasteiger partial charge is 0.255 e. The second-order valence-electron chi connectivity index (χ2n) is 5.02. The maximum absolute atomic E-state index is 12.5. The minimum Gasteiger partial charge on any atom is -0.508 e. The second kappa shape index (κ2) is 5.44. The molecule has 0 bridgehead atoms. The second-order valence-corrected chi connectivity index (χ2v) is 5.02. The number of pyridine rings is 1. The van der Waals surface area contributed by atoms with Crippen molar-refractivity contribution < 1.29 is 14.6 Å². The van der Waals surface area contributed by atoms with Crippen molar-refractivity contribution in [2.45, 2.75) is 13.0 Å². The van der Waals surface area contributed by atoms with Crippen molar-refractivity contribution in [3.63, 3.8) is 0 Å². The molecule has 2 heterocycles. The Morgan fingerprint density at radius 1 is 1.29 bits per heavy atom. The van der Waals surface area contributed by atoms with E-state index < -0.39 is 0 Å². The van der Waals surface area contributed by atoms with Crippen LogP contribution in [0.25, 0.3) is 0 Å². The van der Waals surface area contributed by atoms with E-state index in [-0.39, 0.29) is 11.7 Å². The van der Waals surface area contributed by atoms with Crippen molar-refractivity contribution in [2.24, 2.45) is 0 Å². The van der Waals surface area contributed by atoms with Gasteiger partial charge in [0.25, 0.3) is 5.91 Å². The fourth-order valence-corrected chi connectivity index (χ4v) is 2.53. The number of ether oxygens (including phenoxy) is 1. The van der Waals surface area contributed by atoms with E-state index in [0.29, 0.717) is 24.5 Å². The first-order valence-electron chi connectivity index (χ1n) is 6.77. The van der Waals surface area contributed by atoms with E-state index in [0.717, 1.165) is 12.0 Å². The highest BCUT2D eigenvalue weighted by Crippen LogP contribution is 2.24. The molecule has 0 saturated heterocycles. The molecule has 5 nitrogen and oxygen atoms in total. The van der Waals surface area contributed by atoms with Gasteiger partial charge in [-0.1, -0.05) is 6.07 Å². The molecule has 5 heteroatoms. The van der Waals surface area contributed by atoms with Gasteiger partial charge in [-0.05, 0) is 35.7 Å².